The van der Waals surface area contributed by atoms with Crippen LogP contribution in [0.2, 0.25) is 0 Å². The molecule has 18 heavy (non-hydrogen) atoms. The third kappa shape index (κ3) is 1.43. The minimum absolute atomic E-state index is 0.0823. The van der Waals surface area contributed by atoms with E-state index >= 15 is 0 Å². The van der Waals surface area contributed by atoms with Crippen LogP contribution in [0.3, 0.4) is 0 Å². The van der Waals surface area contributed by atoms with Gasteiger partial charge in [0.1, 0.15) is 0 Å². The molecule has 1 aromatic carbocycles. The number of ketones is 1. The maximum Gasteiger partial charge on any atom is 0.307 e. The SMILES string of the molecule is CCC1=C[C@@]2(CCC(=O)O2)C(=O)c2ccccc21. The molecule has 1 spiro atoms. The summed E-state index contributed by atoms with van der Waals surface area (Å²) in [4.78, 5) is 23.9. The highest BCUT2D eigenvalue weighted by atomic mass is 16.6. The van der Waals surface area contributed by atoms with Crippen molar-refractivity contribution in [3.05, 3.63) is 41.5 Å². The van der Waals surface area contributed by atoms with E-state index in [9.17, 15) is 9.59 Å². The second-order valence-corrected chi connectivity index (χ2v) is 4.76. The van der Waals surface area contributed by atoms with Gasteiger partial charge in [0.05, 0.1) is 6.42 Å². The van der Waals surface area contributed by atoms with Crippen molar-refractivity contribution in [3.63, 3.8) is 0 Å². The van der Waals surface area contributed by atoms with Crippen molar-refractivity contribution in [2.45, 2.75) is 31.8 Å². The average Bonchev–Trinajstić information content (AvgIpc) is 2.77. The first-order valence-electron chi connectivity index (χ1n) is 6.24. The number of hydrogen-bond acceptors (Lipinski definition) is 3. The number of Topliss-reactive ketones (excluding diaryl/α,β-unsaturated/α-hetero) is 1. The molecule has 0 unspecified atom stereocenters. The number of rotatable bonds is 1. The van der Waals surface area contributed by atoms with Gasteiger partial charge in [-0.3, -0.25) is 9.59 Å². The monoisotopic (exact) mass is 242 g/mol. The second-order valence-electron chi connectivity index (χ2n) is 4.76. The number of hydrogen-bond donors (Lipinski definition) is 0. The molecular weight excluding hydrogens is 228 g/mol. The van der Waals surface area contributed by atoms with Crippen LogP contribution in [-0.2, 0) is 9.53 Å². The summed E-state index contributed by atoms with van der Waals surface area (Å²) in [7, 11) is 0. The Morgan fingerprint density at radius 2 is 1.94 bits per heavy atom. The van der Waals surface area contributed by atoms with E-state index in [1.54, 1.807) is 0 Å². The minimum Gasteiger partial charge on any atom is -0.446 e. The van der Waals surface area contributed by atoms with E-state index in [-0.39, 0.29) is 11.8 Å². The van der Waals surface area contributed by atoms with Gasteiger partial charge in [0, 0.05) is 12.0 Å². The normalized spacial score (nSPS) is 25.9. The molecule has 1 aliphatic carbocycles. The minimum atomic E-state index is -1.03. The molecule has 3 rings (SSSR count). The van der Waals surface area contributed by atoms with Crippen LogP contribution in [0.1, 0.15) is 42.1 Å². The quantitative estimate of drug-likeness (QED) is 0.711. The van der Waals surface area contributed by atoms with Gasteiger partial charge in [0.15, 0.2) is 5.60 Å². The van der Waals surface area contributed by atoms with Gasteiger partial charge in [-0.1, -0.05) is 31.2 Å². The Hall–Kier alpha value is -1.90. The van der Waals surface area contributed by atoms with Gasteiger partial charge in [-0.25, -0.2) is 0 Å². The van der Waals surface area contributed by atoms with Crippen LogP contribution >= 0.6 is 0 Å². The lowest BCUT2D eigenvalue weighted by atomic mass is 9.78. The summed E-state index contributed by atoms with van der Waals surface area (Å²) in [6.45, 7) is 2.04. The summed E-state index contributed by atoms with van der Waals surface area (Å²) < 4.78 is 5.33. The number of esters is 1. The molecule has 0 aromatic heterocycles. The second kappa shape index (κ2) is 3.80. The zero-order valence-corrected chi connectivity index (χ0v) is 10.2. The first-order valence-corrected chi connectivity index (χ1v) is 6.24. The molecule has 1 aliphatic heterocycles. The molecule has 1 saturated heterocycles. The molecule has 0 saturated carbocycles. The smallest absolute Gasteiger partial charge is 0.307 e. The van der Waals surface area contributed by atoms with E-state index in [4.69, 9.17) is 4.74 Å². The fourth-order valence-corrected chi connectivity index (χ4v) is 2.76. The number of fused-ring (bicyclic) bond motifs is 1. The number of carbonyl (C=O) groups is 2. The van der Waals surface area contributed by atoms with Gasteiger partial charge in [-0.15, -0.1) is 0 Å². The topological polar surface area (TPSA) is 43.4 Å². The molecule has 0 amide bonds. The third-order valence-electron chi connectivity index (χ3n) is 3.69. The molecular formula is C15H14O3. The van der Waals surface area contributed by atoms with E-state index in [0.29, 0.717) is 18.4 Å². The Labute approximate surface area is 105 Å². The summed E-state index contributed by atoms with van der Waals surface area (Å²) in [5.41, 5.74) is 1.70. The van der Waals surface area contributed by atoms with Crippen LogP contribution in [0.5, 0.6) is 0 Å². The number of carbonyl (C=O) groups excluding carboxylic acids is 2. The Balaban J connectivity index is 2.18. The van der Waals surface area contributed by atoms with Crippen molar-refractivity contribution in [1.82, 2.24) is 0 Å². The average molecular weight is 242 g/mol. The van der Waals surface area contributed by atoms with Gasteiger partial charge < -0.3 is 4.74 Å². The van der Waals surface area contributed by atoms with Gasteiger partial charge in [-0.2, -0.15) is 0 Å². The molecule has 2 aliphatic rings. The van der Waals surface area contributed by atoms with Crippen LogP contribution < -0.4 is 0 Å². The Kier molecular flexibility index (Phi) is 2.37. The van der Waals surface area contributed by atoms with Crippen LogP contribution in [-0.4, -0.2) is 17.4 Å². The molecule has 3 heteroatoms. The molecule has 92 valence electrons. The molecule has 3 nitrogen and oxygen atoms in total. The molecule has 1 aromatic rings. The fourth-order valence-electron chi connectivity index (χ4n) is 2.76. The maximum absolute atomic E-state index is 12.5. The van der Waals surface area contributed by atoms with Crippen molar-refractivity contribution in [2.24, 2.45) is 0 Å². The van der Waals surface area contributed by atoms with Crippen molar-refractivity contribution in [3.8, 4) is 0 Å². The molecule has 1 atom stereocenters. The van der Waals surface area contributed by atoms with E-state index in [1.807, 2.05) is 37.3 Å². The number of ether oxygens (including phenoxy) is 1. The zero-order chi connectivity index (χ0) is 12.8. The molecule has 0 bridgehead atoms. The largest absolute Gasteiger partial charge is 0.446 e. The Morgan fingerprint density at radius 1 is 1.22 bits per heavy atom. The van der Waals surface area contributed by atoms with Crippen LogP contribution in [0.4, 0.5) is 0 Å². The van der Waals surface area contributed by atoms with E-state index in [2.05, 4.69) is 0 Å². The van der Waals surface area contributed by atoms with E-state index < -0.39 is 5.60 Å². The lowest BCUT2D eigenvalue weighted by molar-refractivity contribution is -0.143. The Bertz CT molecular complexity index is 571. The van der Waals surface area contributed by atoms with Gasteiger partial charge >= 0.3 is 5.97 Å². The first-order chi connectivity index (χ1) is 8.66. The van der Waals surface area contributed by atoms with Crippen LogP contribution in [0, 0.1) is 0 Å². The lowest BCUT2D eigenvalue weighted by Crippen LogP contribution is -2.39. The van der Waals surface area contributed by atoms with Gasteiger partial charge in [-0.05, 0) is 23.6 Å². The number of allylic oxidation sites excluding steroid dienone is 1. The van der Waals surface area contributed by atoms with Crippen LogP contribution in [0.15, 0.2) is 30.3 Å². The fraction of sp³-hybridized carbons (Fsp3) is 0.333. The molecule has 1 fully saturated rings. The van der Waals surface area contributed by atoms with Crippen molar-refractivity contribution in [2.75, 3.05) is 0 Å². The first kappa shape index (κ1) is 11.2. The summed E-state index contributed by atoms with van der Waals surface area (Å²) in [5.74, 6) is -0.365. The zero-order valence-electron chi connectivity index (χ0n) is 10.2. The predicted octanol–water partition coefficient (Wildman–Crippen LogP) is 2.75. The summed E-state index contributed by atoms with van der Waals surface area (Å²) >= 11 is 0. The summed E-state index contributed by atoms with van der Waals surface area (Å²) in [6, 6.07) is 7.54. The molecule has 0 N–H and O–H groups in total. The summed E-state index contributed by atoms with van der Waals surface area (Å²) in [6.07, 6.45) is 3.45. The highest BCUT2D eigenvalue weighted by molar-refractivity contribution is 6.12. The van der Waals surface area contributed by atoms with Crippen molar-refractivity contribution in [1.29, 1.82) is 0 Å². The van der Waals surface area contributed by atoms with E-state index in [0.717, 1.165) is 17.6 Å². The number of benzene rings is 1. The standard InChI is InChI=1S/C15H14O3/c1-2-10-9-15(8-7-13(16)18-15)14(17)12-6-4-3-5-11(10)12/h3-6,9H,2,7-8H2,1H3/t15-/m0/s1. The van der Waals surface area contributed by atoms with E-state index in [1.165, 1.54) is 0 Å². The highest BCUT2D eigenvalue weighted by Gasteiger charge is 2.48. The van der Waals surface area contributed by atoms with Gasteiger partial charge in [0.2, 0.25) is 5.78 Å². The Morgan fingerprint density at radius 3 is 2.56 bits per heavy atom. The predicted molar refractivity (Wildman–Crippen MR) is 67.1 cm³/mol. The highest BCUT2D eigenvalue weighted by Crippen LogP contribution is 2.40. The van der Waals surface area contributed by atoms with Crippen molar-refractivity contribution < 1.29 is 14.3 Å². The summed E-state index contributed by atoms with van der Waals surface area (Å²) in [5, 5.41) is 0. The maximum atomic E-state index is 12.5. The molecule has 1 heterocycles. The third-order valence-corrected chi connectivity index (χ3v) is 3.69. The molecule has 0 radical (unpaired) electrons. The van der Waals surface area contributed by atoms with Crippen molar-refractivity contribution >= 4 is 17.3 Å². The van der Waals surface area contributed by atoms with Gasteiger partial charge in [0.25, 0.3) is 0 Å². The lowest BCUT2D eigenvalue weighted by Gasteiger charge is -2.29. The van der Waals surface area contributed by atoms with Crippen LogP contribution in [0.25, 0.3) is 5.57 Å².